The van der Waals surface area contributed by atoms with Crippen LogP contribution in [0.15, 0.2) is 12.1 Å². The minimum Gasteiger partial charge on any atom is -0.392 e. The molecule has 0 spiro atoms. The molecule has 1 aromatic carbocycles. The van der Waals surface area contributed by atoms with E-state index in [-0.39, 0.29) is 17.5 Å². The van der Waals surface area contributed by atoms with Crippen LogP contribution in [0.2, 0.25) is 0 Å². The fourth-order valence-electron chi connectivity index (χ4n) is 1.63. The molecule has 0 saturated carbocycles. The molecule has 18 heavy (non-hydrogen) atoms. The fraction of sp³-hybridized carbons (Fsp3) is 0.455. The van der Waals surface area contributed by atoms with Gasteiger partial charge in [-0.25, -0.2) is 0 Å². The quantitative estimate of drug-likeness (QED) is 0.812. The Hall–Kier alpha value is -1.24. The van der Waals surface area contributed by atoms with Gasteiger partial charge in [0.05, 0.1) is 17.7 Å². The summed E-state index contributed by atoms with van der Waals surface area (Å²) in [5.41, 5.74) is -3.57. The molecule has 0 heterocycles. The molecule has 1 rings (SSSR count). The van der Waals surface area contributed by atoms with E-state index in [1.807, 2.05) is 0 Å². The van der Waals surface area contributed by atoms with Crippen molar-refractivity contribution in [3.8, 4) is 0 Å². The smallest absolute Gasteiger partial charge is 0.392 e. The molecule has 0 amide bonds. The van der Waals surface area contributed by atoms with E-state index in [0.29, 0.717) is 12.1 Å². The maximum Gasteiger partial charge on any atom is 0.417 e. The molecular weight excluding hydrogens is 262 g/mol. The van der Waals surface area contributed by atoms with E-state index in [1.54, 1.807) is 0 Å². The number of rotatable bonds is 2. The highest BCUT2D eigenvalue weighted by molar-refractivity contribution is 5.41. The van der Waals surface area contributed by atoms with Crippen molar-refractivity contribution in [2.75, 3.05) is 0 Å². The van der Waals surface area contributed by atoms with Crippen molar-refractivity contribution in [1.82, 2.24) is 0 Å². The molecule has 0 saturated heterocycles. The lowest BCUT2D eigenvalue weighted by Crippen LogP contribution is -2.18. The normalized spacial score (nSPS) is 12.9. The first-order chi connectivity index (χ1) is 8.11. The van der Waals surface area contributed by atoms with Crippen LogP contribution in [0.4, 0.5) is 26.3 Å². The van der Waals surface area contributed by atoms with Crippen molar-refractivity contribution in [2.24, 2.45) is 0 Å². The van der Waals surface area contributed by atoms with Gasteiger partial charge in [0.15, 0.2) is 0 Å². The minimum atomic E-state index is -5.11. The number of halogens is 6. The van der Waals surface area contributed by atoms with E-state index in [0.717, 1.165) is 0 Å². The van der Waals surface area contributed by atoms with Crippen LogP contribution >= 0.6 is 0 Å². The number of hydrogen-bond acceptors (Lipinski definition) is 1. The maximum atomic E-state index is 12.6. The highest BCUT2D eigenvalue weighted by atomic mass is 19.4. The van der Waals surface area contributed by atoms with Gasteiger partial charge < -0.3 is 5.11 Å². The van der Waals surface area contributed by atoms with Gasteiger partial charge in [-0.2, -0.15) is 26.3 Å². The summed E-state index contributed by atoms with van der Waals surface area (Å²) >= 11 is 0. The Morgan fingerprint density at radius 1 is 0.889 bits per heavy atom. The van der Waals surface area contributed by atoms with E-state index in [4.69, 9.17) is 5.11 Å². The van der Waals surface area contributed by atoms with Gasteiger partial charge in [0.1, 0.15) is 0 Å². The van der Waals surface area contributed by atoms with Gasteiger partial charge in [-0.1, -0.05) is 6.92 Å². The second-order valence-electron chi connectivity index (χ2n) is 3.67. The lowest BCUT2D eigenvalue weighted by Gasteiger charge is -2.18. The average Bonchev–Trinajstić information content (AvgIpc) is 2.24. The van der Waals surface area contributed by atoms with Crippen molar-refractivity contribution in [3.05, 3.63) is 34.4 Å². The van der Waals surface area contributed by atoms with Gasteiger partial charge in [-0.05, 0) is 29.7 Å². The zero-order valence-electron chi connectivity index (χ0n) is 9.28. The second-order valence-corrected chi connectivity index (χ2v) is 3.67. The molecule has 0 fully saturated rings. The van der Waals surface area contributed by atoms with Crippen molar-refractivity contribution in [1.29, 1.82) is 0 Å². The zero-order chi connectivity index (χ0) is 14.1. The third kappa shape index (κ3) is 2.95. The van der Waals surface area contributed by atoms with E-state index in [2.05, 4.69) is 0 Å². The van der Waals surface area contributed by atoms with Crippen molar-refractivity contribution in [3.63, 3.8) is 0 Å². The molecule has 102 valence electrons. The summed E-state index contributed by atoms with van der Waals surface area (Å²) in [7, 11) is 0. The van der Waals surface area contributed by atoms with Crippen molar-refractivity contribution < 1.29 is 31.4 Å². The Balaban J connectivity index is 3.57. The Morgan fingerprint density at radius 3 is 1.56 bits per heavy atom. The molecule has 0 aliphatic rings. The van der Waals surface area contributed by atoms with E-state index < -0.39 is 30.1 Å². The van der Waals surface area contributed by atoms with Crippen LogP contribution in [-0.4, -0.2) is 5.11 Å². The van der Waals surface area contributed by atoms with Gasteiger partial charge in [0.2, 0.25) is 0 Å². The Labute approximate surface area is 99.0 Å². The number of hydrogen-bond donors (Lipinski definition) is 1. The molecule has 0 aliphatic carbocycles. The summed E-state index contributed by atoms with van der Waals surface area (Å²) in [6, 6.07) is 0.816. The molecule has 7 heteroatoms. The molecule has 1 aromatic rings. The van der Waals surface area contributed by atoms with Crippen molar-refractivity contribution in [2.45, 2.75) is 32.3 Å². The average molecular weight is 272 g/mol. The van der Waals surface area contributed by atoms with Gasteiger partial charge in [-0.15, -0.1) is 0 Å². The van der Waals surface area contributed by atoms with Gasteiger partial charge >= 0.3 is 12.4 Å². The Kier molecular flexibility index (Phi) is 3.95. The number of aliphatic hydroxyl groups excluding tert-OH is 1. The van der Waals surface area contributed by atoms with Gasteiger partial charge in [0.25, 0.3) is 0 Å². The standard InChI is InChI=1S/C11H10F6O/c1-2-6-3-8(10(12,13)14)9(11(15,16)17)4-7(6)5-18/h3-4,18H,2,5H2,1H3. The van der Waals surface area contributed by atoms with Gasteiger partial charge in [0, 0.05) is 0 Å². The topological polar surface area (TPSA) is 20.2 Å². The van der Waals surface area contributed by atoms with Crippen LogP contribution < -0.4 is 0 Å². The third-order valence-corrected chi connectivity index (χ3v) is 2.50. The van der Waals surface area contributed by atoms with Crippen LogP contribution in [0.3, 0.4) is 0 Å². The predicted molar refractivity (Wildman–Crippen MR) is 51.7 cm³/mol. The van der Waals surface area contributed by atoms with Crippen molar-refractivity contribution >= 4 is 0 Å². The fourth-order valence-corrected chi connectivity index (χ4v) is 1.63. The molecule has 0 aromatic heterocycles. The molecule has 1 nitrogen and oxygen atoms in total. The van der Waals surface area contributed by atoms with Crippen LogP contribution in [0, 0.1) is 0 Å². The molecule has 0 aliphatic heterocycles. The first-order valence-corrected chi connectivity index (χ1v) is 5.02. The summed E-state index contributed by atoms with van der Waals surface area (Å²) in [6.07, 6.45) is -10.1. The molecule has 0 bridgehead atoms. The maximum absolute atomic E-state index is 12.6. The Bertz CT molecular complexity index is 391. The summed E-state index contributed by atoms with van der Waals surface area (Å²) in [4.78, 5) is 0. The lowest BCUT2D eigenvalue weighted by atomic mass is 9.96. The third-order valence-electron chi connectivity index (χ3n) is 2.50. The first kappa shape index (κ1) is 14.8. The summed E-state index contributed by atoms with van der Waals surface area (Å²) < 4.78 is 75.4. The minimum absolute atomic E-state index is 0.0535. The van der Waals surface area contributed by atoms with Crippen LogP contribution in [0.25, 0.3) is 0 Å². The number of alkyl halides is 6. The molecule has 0 radical (unpaired) electrons. The zero-order valence-corrected chi connectivity index (χ0v) is 9.28. The summed E-state index contributed by atoms with van der Waals surface area (Å²) in [5, 5.41) is 8.88. The molecule has 0 atom stereocenters. The van der Waals surface area contributed by atoms with Crippen LogP contribution in [0.5, 0.6) is 0 Å². The van der Waals surface area contributed by atoms with Crippen LogP contribution in [-0.2, 0) is 25.4 Å². The highest BCUT2D eigenvalue weighted by Gasteiger charge is 2.43. The predicted octanol–water partition coefficient (Wildman–Crippen LogP) is 3.78. The second kappa shape index (κ2) is 4.79. The molecule has 0 unspecified atom stereocenters. The molecule has 1 N–H and O–H groups in total. The summed E-state index contributed by atoms with van der Waals surface area (Å²) in [6.45, 7) is 0.770. The number of aliphatic hydroxyl groups is 1. The number of benzene rings is 1. The van der Waals surface area contributed by atoms with Gasteiger partial charge in [-0.3, -0.25) is 0 Å². The SMILES string of the molecule is CCc1cc(C(F)(F)F)c(C(F)(F)F)cc1CO. The van der Waals surface area contributed by atoms with E-state index in [1.165, 1.54) is 6.92 Å². The van der Waals surface area contributed by atoms with Crippen LogP contribution in [0.1, 0.15) is 29.2 Å². The van der Waals surface area contributed by atoms with E-state index >= 15 is 0 Å². The lowest BCUT2D eigenvalue weighted by molar-refractivity contribution is -0.162. The monoisotopic (exact) mass is 272 g/mol. The largest absolute Gasteiger partial charge is 0.417 e. The Morgan fingerprint density at radius 2 is 1.28 bits per heavy atom. The number of aryl methyl sites for hydroxylation is 1. The van der Waals surface area contributed by atoms with E-state index in [9.17, 15) is 26.3 Å². The molecular formula is C11H10F6O. The highest BCUT2D eigenvalue weighted by Crippen LogP contribution is 2.41. The first-order valence-electron chi connectivity index (χ1n) is 5.02. The summed E-state index contributed by atoms with van der Waals surface area (Å²) in [5.74, 6) is 0.